The van der Waals surface area contributed by atoms with Crippen molar-refractivity contribution >= 4 is 34.3 Å². The first kappa shape index (κ1) is 14.9. The summed E-state index contributed by atoms with van der Waals surface area (Å²) in [5, 5.41) is 14.0. The fourth-order valence-corrected chi connectivity index (χ4v) is 3.43. The number of hydrogen-bond donors (Lipinski definition) is 1. The first-order valence-corrected chi connectivity index (χ1v) is 8.30. The molecule has 2 heterocycles. The van der Waals surface area contributed by atoms with Gasteiger partial charge in [0.05, 0.1) is 16.5 Å². The minimum absolute atomic E-state index is 0.0175. The van der Waals surface area contributed by atoms with Gasteiger partial charge in [-0.25, -0.2) is 0 Å². The SMILES string of the molecule is O=C1SCNC1=Cc1cc([N+](=O)[O-])ccc1N1CCCCC1. The second-order valence-electron chi connectivity index (χ2n) is 5.36. The number of anilines is 1. The van der Waals surface area contributed by atoms with Gasteiger partial charge in [0.2, 0.25) is 5.12 Å². The molecule has 6 nitrogen and oxygen atoms in total. The molecule has 7 heteroatoms. The van der Waals surface area contributed by atoms with Crippen LogP contribution >= 0.6 is 11.8 Å². The van der Waals surface area contributed by atoms with Gasteiger partial charge in [-0.1, -0.05) is 11.8 Å². The number of benzene rings is 1. The van der Waals surface area contributed by atoms with Crippen molar-refractivity contribution in [2.24, 2.45) is 0 Å². The maximum absolute atomic E-state index is 11.8. The van der Waals surface area contributed by atoms with Gasteiger partial charge in [-0.3, -0.25) is 14.9 Å². The van der Waals surface area contributed by atoms with Crippen molar-refractivity contribution in [1.82, 2.24) is 5.32 Å². The van der Waals surface area contributed by atoms with Crippen molar-refractivity contribution in [3.05, 3.63) is 39.6 Å². The number of carbonyl (C=O) groups excluding carboxylic acids is 1. The van der Waals surface area contributed by atoms with Gasteiger partial charge in [0, 0.05) is 36.5 Å². The predicted octanol–water partition coefficient (Wildman–Crippen LogP) is 2.75. The van der Waals surface area contributed by atoms with E-state index >= 15 is 0 Å². The van der Waals surface area contributed by atoms with Gasteiger partial charge in [0.25, 0.3) is 5.69 Å². The Hall–Kier alpha value is -2.02. The lowest BCUT2D eigenvalue weighted by molar-refractivity contribution is -0.384. The first-order valence-electron chi connectivity index (χ1n) is 7.31. The number of carbonyl (C=O) groups is 1. The van der Waals surface area contributed by atoms with E-state index < -0.39 is 4.92 Å². The van der Waals surface area contributed by atoms with E-state index in [2.05, 4.69) is 10.2 Å². The third-order valence-corrected chi connectivity index (χ3v) is 4.68. The van der Waals surface area contributed by atoms with Crippen LogP contribution in [0.3, 0.4) is 0 Å². The molecular formula is C15H17N3O3S. The lowest BCUT2D eigenvalue weighted by Crippen LogP contribution is -2.30. The Balaban J connectivity index is 2.01. The Morgan fingerprint density at radius 1 is 1.27 bits per heavy atom. The molecule has 2 fully saturated rings. The van der Waals surface area contributed by atoms with E-state index in [1.807, 2.05) is 0 Å². The maximum atomic E-state index is 11.8. The summed E-state index contributed by atoms with van der Waals surface area (Å²) in [6, 6.07) is 4.88. The highest BCUT2D eigenvalue weighted by Gasteiger charge is 2.21. The Morgan fingerprint density at radius 3 is 2.68 bits per heavy atom. The van der Waals surface area contributed by atoms with Crippen LogP contribution in [0.5, 0.6) is 0 Å². The van der Waals surface area contributed by atoms with E-state index in [0.717, 1.165) is 37.2 Å². The Morgan fingerprint density at radius 2 is 2.05 bits per heavy atom. The molecule has 1 N–H and O–H groups in total. The predicted molar refractivity (Wildman–Crippen MR) is 87.7 cm³/mol. The van der Waals surface area contributed by atoms with Gasteiger partial charge in [-0.05, 0) is 31.4 Å². The Labute approximate surface area is 132 Å². The molecule has 0 aromatic heterocycles. The summed E-state index contributed by atoms with van der Waals surface area (Å²) >= 11 is 1.21. The van der Waals surface area contributed by atoms with Gasteiger partial charge in [0.15, 0.2) is 0 Å². The average molecular weight is 319 g/mol. The number of thioether (sulfide) groups is 1. The highest BCUT2D eigenvalue weighted by molar-refractivity contribution is 8.14. The molecule has 2 aliphatic heterocycles. The number of piperidine rings is 1. The summed E-state index contributed by atoms with van der Waals surface area (Å²) in [5.74, 6) is 0.554. The maximum Gasteiger partial charge on any atom is 0.270 e. The Kier molecular flexibility index (Phi) is 4.33. The molecule has 0 amide bonds. The molecule has 3 rings (SSSR count). The zero-order valence-electron chi connectivity index (χ0n) is 12.1. The third-order valence-electron chi connectivity index (χ3n) is 3.90. The summed E-state index contributed by atoms with van der Waals surface area (Å²) in [7, 11) is 0. The number of hydrogen-bond acceptors (Lipinski definition) is 6. The second-order valence-corrected chi connectivity index (χ2v) is 6.31. The van der Waals surface area contributed by atoms with Crippen LogP contribution in [0.2, 0.25) is 0 Å². The molecular weight excluding hydrogens is 302 g/mol. The monoisotopic (exact) mass is 319 g/mol. The largest absolute Gasteiger partial charge is 0.372 e. The first-order chi connectivity index (χ1) is 10.6. The van der Waals surface area contributed by atoms with E-state index in [9.17, 15) is 14.9 Å². The standard InChI is InChI=1S/C15H17N3O3S/c19-15-13(16-10-22-15)9-11-8-12(18(20)21)4-5-14(11)17-6-2-1-3-7-17/h4-5,8-9,16H,1-3,6-7,10H2. The van der Waals surface area contributed by atoms with Crippen LogP contribution in [-0.2, 0) is 4.79 Å². The molecule has 2 saturated heterocycles. The third kappa shape index (κ3) is 3.09. The lowest BCUT2D eigenvalue weighted by Gasteiger charge is -2.30. The van der Waals surface area contributed by atoms with E-state index in [1.165, 1.54) is 24.2 Å². The Bertz CT molecular complexity index is 639. The highest BCUT2D eigenvalue weighted by atomic mass is 32.2. The van der Waals surface area contributed by atoms with Gasteiger partial charge < -0.3 is 10.2 Å². The zero-order chi connectivity index (χ0) is 15.5. The quantitative estimate of drug-likeness (QED) is 0.524. The van der Waals surface area contributed by atoms with Crippen LogP contribution in [0.4, 0.5) is 11.4 Å². The van der Waals surface area contributed by atoms with Crippen LogP contribution in [0.15, 0.2) is 23.9 Å². The summed E-state index contributed by atoms with van der Waals surface area (Å²) in [6.07, 6.45) is 5.20. The molecule has 1 aromatic carbocycles. The van der Waals surface area contributed by atoms with Gasteiger partial charge in [0.1, 0.15) is 0 Å². The normalized spacial score (nSPS) is 20.3. The minimum atomic E-state index is -0.402. The van der Waals surface area contributed by atoms with Crippen LogP contribution in [0.1, 0.15) is 24.8 Å². The van der Waals surface area contributed by atoms with Crippen molar-refractivity contribution in [2.45, 2.75) is 19.3 Å². The molecule has 0 saturated carbocycles. The molecule has 116 valence electrons. The number of rotatable bonds is 3. The van der Waals surface area contributed by atoms with Crippen molar-refractivity contribution in [3.63, 3.8) is 0 Å². The van der Waals surface area contributed by atoms with Crippen molar-refractivity contribution in [2.75, 3.05) is 23.9 Å². The average Bonchev–Trinajstić information content (AvgIpc) is 2.93. The molecule has 0 radical (unpaired) electrons. The summed E-state index contributed by atoms with van der Waals surface area (Å²) in [5.41, 5.74) is 2.26. The number of nitro benzene ring substituents is 1. The van der Waals surface area contributed by atoms with Gasteiger partial charge >= 0.3 is 0 Å². The van der Waals surface area contributed by atoms with Crippen LogP contribution in [0.25, 0.3) is 6.08 Å². The molecule has 0 atom stereocenters. The van der Waals surface area contributed by atoms with E-state index in [4.69, 9.17) is 0 Å². The van der Waals surface area contributed by atoms with Crippen molar-refractivity contribution < 1.29 is 9.72 Å². The zero-order valence-corrected chi connectivity index (χ0v) is 12.9. The summed E-state index contributed by atoms with van der Waals surface area (Å²) in [4.78, 5) is 24.6. The van der Waals surface area contributed by atoms with Crippen LogP contribution in [0, 0.1) is 10.1 Å². The van der Waals surface area contributed by atoms with Crippen LogP contribution in [-0.4, -0.2) is 29.0 Å². The second kappa shape index (κ2) is 6.39. The number of nitro groups is 1. The molecule has 1 aromatic rings. The highest BCUT2D eigenvalue weighted by Crippen LogP contribution is 2.30. The van der Waals surface area contributed by atoms with Gasteiger partial charge in [-0.15, -0.1) is 0 Å². The van der Waals surface area contributed by atoms with E-state index in [0.29, 0.717) is 11.6 Å². The minimum Gasteiger partial charge on any atom is -0.372 e. The fraction of sp³-hybridized carbons (Fsp3) is 0.400. The summed E-state index contributed by atoms with van der Waals surface area (Å²) < 4.78 is 0. The lowest BCUT2D eigenvalue weighted by atomic mass is 10.1. The van der Waals surface area contributed by atoms with Gasteiger partial charge in [-0.2, -0.15) is 0 Å². The summed E-state index contributed by atoms with van der Waals surface area (Å²) in [6.45, 7) is 1.90. The van der Waals surface area contributed by atoms with E-state index in [1.54, 1.807) is 18.2 Å². The molecule has 0 bridgehead atoms. The van der Waals surface area contributed by atoms with Crippen molar-refractivity contribution in [3.8, 4) is 0 Å². The van der Waals surface area contributed by atoms with Crippen LogP contribution < -0.4 is 10.2 Å². The van der Waals surface area contributed by atoms with E-state index in [-0.39, 0.29) is 10.8 Å². The molecule has 0 spiro atoms. The van der Waals surface area contributed by atoms with Crippen molar-refractivity contribution in [1.29, 1.82) is 0 Å². The number of nitrogens with one attached hydrogen (secondary N) is 1. The molecule has 22 heavy (non-hydrogen) atoms. The number of nitrogens with zero attached hydrogens (tertiary/aromatic N) is 2. The fourth-order valence-electron chi connectivity index (χ4n) is 2.79. The molecule has 0 unspecified atom stereocenters. The topological polar surface area (TPSA) is 75.5 Å². The smallest absolute Gasteiger partial charge is 0.270 e. The molecule has 2 aliphatic rings. The molecule has 0 aliphatic carbocycles. The number of non-ortho nitro benzene ring substituents is 1.